The van der Waals surface area contributed by atoms with Gasteiger partial charge in [0.2, 0.25) is 17.8 Å². The lowest BCUT2D eigenvalue weighted by molar-refractivity contribution is 0.628. The zero-order valence-corrected chi connectivity index (χ0v) is 11.6. The molecule has 0 saturated carbocycles. The van der Waals surface area contributed by atoms with Gasteiger partial charge in [-0.25, -0.2) is 10.2 Å². The number of halogens is 2. The Morgan fingerprint density at radius 1 is 1.20 bits per heavy atom. The lowest BCUT2D eigenvalue weighted by Crippen LogP contribution is -2.18. The molecule has 0 unspecified atom stereocenters. The molecule has 0 radical (unpaired) electrons. The maximum Gasteiger partial charge on any atom is 0.243 e. The van der Waals surface area contributed by atoms with E-state index >= 15 is 0 Å². The van der Waals surface area contributed by atoms with Crippen LogP contribution in [0.15, 0.2) is 18.2 Å². The molecule has 1 aromatic heterocycles. The maximum absolute atomic E-state index is 13.2. The van der Waals surface area contributed by atoms with Crippen LogP contribution >= 0.6 is 11.6 Å². The van der Waals surface area contributed by atoms with E-state index in [0.29, 0.717) is 16.7 Å². The van der Waals surface area contributed by atoms with Crippen LogP contribution in [-0.4, -0.2) is 29.0 Å². The monoisotopic (exact) mass is 297 g/mol. The molecule has 0 fully saturated rings. The Morgan fingerprint density at radius 3 is 2.55 bits per heavy atom. The number of nitrogen functional groups attached to an aromatic ring is 1. The summed E-state index contributed by atoms with van der Waals surface area (Å²) in [4.78, 5) is 13.9. The van der Waals surface area contributed by atoms with Gasteiger partial charge in [-0.05, 0) is 18.2 Å². The van der Waals surface area contributed by atoms with Gasteiger partial charge < -0.3 is 10.2 Å². The van der Waals surface area contributed by atoms with Crippen LogP contribution in [0.2, 0.25) is 5.02 Å². The smallest absolute Gasteiger partial charge is 0.243 e. The number of nitrogens with one attached hydrogen (secondary N) is 2. The number of anilines is 4. The molecule has 0 bridgehead atoms. The third kappa shape index (κ3) is 3.22. The van der Waals surface area contributed by atoms with Crippen LogP contribution in [0.25, 0.3) is 0 Å². The van der Waals surface area contributed by atoms with E-state index in [1.54, 1.807) is 19.0 Å². The van der Waals surface area contributed by atoms with E-state index in [0.717, 1.165) is 0 Å². The quantitative estimate of drug-likeness (QED) is 0.585. The van der Waals surface area contributed by atoms with Crippen molar-refractivity contribution in [2.45, 2.75) is 0 Å². The zero-order valence-electron chi connectivity index (χ0n) is 10.9. The van der Waals surface area contributed by atoms with Gasteiger partial charge >= 0.3 is 0 Å². The highest BCUT2D eigenvalue weighted by Crippen LogP contribution is 2.25. The molecule has 0 saturated heterocycles. The molecule has 7 nitrogen and oxygen atoms in total. The molecule has 0 aliphatic heterocycles. The van der Waals surface area contributed by atoms with Crippen LogP contribution in [-0.2, 0) is 0 Å². The highest BCUT2D eigenvalue weighted by atomic mass is 35.5. The van der Waals surface area contributed by atoms with Gasteiger partial charge in [0, 0.05) is 14.1 Å². The Balaban J connectivity index is 2.37. The minimum Gasteiger partial charge on any atom is -0.347 e. The van der Waals surface area contributed by atoms with Gasteiger partial charge in [-0.1, -0.05) is 11.6 Å². The number of hydrazine groups is 1. The first-order valence-electron chi connectivity index (χ1n) is 5.61. The number of aromatic nitrogens is 3. The molecule has 2 rings (SSSR count). The molecule has 0 aliphatic rings. The molecule has 4 N–H and O–H groups in total. The summed E-state index contributed by atoms with van der Waals surface area (Å²) < 4.78 is 13.2. The van der Waals surface area contributed by atoms with Crippen molar-refractivity contribution in [3.05, 3.63) is 29.0 Å². The summed E-state index contributed by atoms with van der Waals surface area (Å²) in [6.45, 7) is 0. The summed E-state index contributed by atoms with van der Waals surface area (Å²) >= 11 is 5.97. The Labute approximate surface area is 120 Å². The van der Waals surface area contributed by atoms with Crippen molar-refractivity contribution in [1.29, 1.82) is 0 Å². The highest BCUT2D eigenvalue weighted by Gasteiger charge is 2.09. The second-order valence-corrected chi connectivity index (χ2v) is 4.48. The summed E-state index contributed by atoms with van der Waals surface area (Å²) in [5, 5.41) is 3.17. The second-order valence-electron chi connectivity index (χ2n) is 4.07. The zero-order chi connectivity index (χ0) is 14.7. The lowest BCUT2D eigenvalue weighted by Gasteiger charge is -2.13. The Kier molecular flexibility index (Phi) is 4.16. The minimum absolute atomic E-state index is 0.179. The Morgan fingerprint density at radius 2 is 1.90 bits per heavy atom. The summed E-state index contributed by atoms with van der Waals surface area (Å²) in [5.41, 5.74) is 2.69. The number of benzene rings is 1. The highest BCUT2D eigenvalue weighted by molar-refractivity contribution is 6.33. The van der Waals surface area contributed by atoms with Gasteiger partial charge in [-0.15, -0.1) is 0 Å². The molecule has 1 heterocycles. The van der Waals surface area contributed by atoms with E-state index in [1.165, 1.54) is 18.2 Å². The summed E-state index contributed by atoms with van der Waals surface area (Å²) in [5.74, 6) is 5.65. The number of rotatable bonds is 4. The van der Waals surface area contributed by atoms with Gasteiger partial charge in [-0.2, -0.15) is 15.0 Å². The Bertz CT molecular complexity index is 620. The van der Waals surface area contributed by atoms with Crippen LogP contribution in [0.3, 0.4) is 0 Å². The van der Waals surface area contributed by atoms with Crippen LogP contribution < -0.4 is 21.5 Å². The standard InChI is InChI=1S/C11H13ClFN7/c1-20(2)11-17-9(16-10(18-11)19-14)15-8-5-6(13)3-4-7(8)12/h3-5H,14H2,1-2H3,(H2,15,16,17,18,19). The summed E-state index contributed by atoms with van der Waals surface area (Å²) in [7, 11) is 3.54. The number of nitrogens with zero attached hydrogens (tertiary/aromatic N) is 4. The van der Waals surface area contributed by atoms with Crippen molar-refractivity contribution < 1.29 is 4.39 Å². The third-order valence-corrected chi connectivity index (χ3v) is 2.66. The fourth-order valence-electron chi connectivity index (χ4n) is 1.40. The lowest BCUT2D eigenvalue weighted by atomic mass is 10.3. The van der Waals surface area contributed by atoms with Gasteiger partial charge in [0.05, 0.1) is 10.7 Å². The molecule has 0 spiro atoms. The molecular weight excluding hydrogens is 285 g/mol. The molecule has 0 atom stereocenters. The van der Waals surface area contributed by atoms with Crippen LogP contribution in [0.4, 0.5) is 27.9 Å². The van der Waals surface area contributed by atoms with Crippen molar-refractivity contribution in [1.82, 2.24) is 15.0 Å². The normalized spacial score (nSPS) is 10.2. The minimum atomic E-state index is -0.420. The van der Waals surface area contributed by atoms with Crippen molar-refractivity contribution >= 4 is 35.1 Å². The average molecular weight is 298 g/mol. The van der Waals surface area contributed by atoms with E-state index in [4.69, 9.17) is 17.4 Å². The first-order valence-corrected chi connectivity index (χ1v) is 5.99. The van der Waals surface area contributed by atoms with Gasteiger partial charge in [0.1, 0.15) is 5.82 Å². The average Bonchev–Trinajstić information content (AvgIpc) is 2.42. The second kappa shape index (κ2) is 5.85. The first kappa shape index (κ1) is 14.2. The topological polar surface area (TPSA) is 92.0 Å². The fraction of sp³-hybridized carbons (Fsp3) is 0.182. The number of hydrogen-bond acceptors (Lipinski definition) is 7. The molecule has 106 valence electrons. The van der Waals surface area contributed by atoms with Crippen molar-refractivity contribution in [2.75, 3.05) is 29.7 Å². The maximum atomic E-state index is 13.2. The van der Waals surface area contributed by atoms with E-state index in [1.807, 2.05) is 0 Å². The number of hydrogen-bond donors (Lipinski definition) is 3. The van der Waals surface area contributed by atoms with Crippen LogP contribution in [0.1, 0.15) is 0 Å². The predicted molar refractivity (Wildman–Crippen MR) is 76.7 cm³/mol. The van der Waals surface area contributed by atoms with Crippen molar-refractivity contribution in [3.63, 3.8) is 0 Å². The van der Waals surface area contributed by atoms with Crippen LogP contribution in [0.5, 0.6) is 0 Å². The fourth-order valence-corrected chi connectivity index (χ4v) is 1.56. The SMILES string of the molecule is CN(C)c1nc(NN)nc(Nc2cc(F)ccc2Cl)n1. The van der Waals surface area contributed by atoms with E-state index in [9.17, 15) is 4.39 Å². The molecule has 2 aromatic rings. The molecule has 20 heavy (non-hydrogen) atoms. The van der Waals surface area contributed by atoms with E-state index in [-0.39, 0.29) is 11.9 Å². The molecule has 1 aromatic carbocycles. The first-order chi connectivity index (χ1) is 9.49. The molecular formula is C11H13ClFN7. The molecule has 9 heteroatoms. The van der Waals surface area contributed by atoms with Gasteiger partial charge in [0.25, 0.3) is 0 Å². The number of nitrogens with two attached hydrogens (primary N) is 1. The Hall–Kier alpha value is -2.19. The summed E-state index contributed by atoms with van der Waals surface area (Å²) in [6, 6.07) is 3.95. The van der Waals surface area contributed by atoms with Crippen LogP contribution in [0, 0.1) is 5.82 Å². The van der Waals surface area contributed by atoms with Gasteiger partial charge in [0.15, 0.2) is 0 Å². The third-order valence-electron chi connectivity index (χ3n) is 2.33. The van der Waals surface area contributed by atoms with E-state index in [2.05, 4.69) is 25.7 Å². The van der Waals surface area contributed by atoms with E-state index < -0.39 is 5.82 Å². The molecule has 0 aliphatic carbocycles. The largest absolute Gasteiger partial charge is 0.347 e. The predicted octanol–water partition coefficient (Wildman–Crippen LogP) is 1.76. The van der Waals surface area contributed by atoms with Gasteiger partial charge in [-0.3, -0.25) is 5.43 Å². The summed E-state index contributed by atoms with van der Waals surface area (Å²) in [6.07, 6.45) is 0. The molecule has 0 amide bonds. The van der Waals surface area contributed by atoms with Crippen molar-refractivity contribution in [3.8, 4) is 0 Å². The van der Waals surface area contributed by atoms with Crippen molar-refractivity contribution in [2.24, 2.45) is 5.84 Å².